The van der Waals surface area contributed by atoms with Gasteiger partial charge in [-0.15, -0.1) is 0 Å². The fourth-order valence-corrected chi connectivity index (χ4v) is 3.59. The van der Waals surface area contributed by atoms with Gasteiger partial charge in [0.2, 0.25) is 0 Å². The molecule has 1 saturated carbocycles. The average molecular weight is 311 g/mol. The summed E-state index contributed by atoms with van der Waals surface area (Å²) in [5.41, 5.74) is 2.92. The Hall–Kier alpha value is -0.500. The Morgan fingerprint density at radius 2 is 1.67 bits per heavy atom. The van der Waals surface area contributed by atoms with Crippen LogP contribution in [0.15, 0.2) is 18.2 Å². The van der Waals surface area contributed by atoms with Crippen LogP contribution >= 0.6 is 15.9 Å². The quantitative estimate of drug-likeness (QED) is 0.709. The molecular weight excluding hydrogens is 288 g/mol. The van der Waals surface area contributed by atoms with E-state index < -0.39 is 0 Å². The molecule has 0 spiro atoms. The van der Waals surface area contributed by atoms with Crippen molar-refractivity contribution in [3.63, 3.8) is 0 Å². The topological polar surface area (TPSA) is 9.23 Å². The fraction of sp³-hybridized carbons (Fsp3) is 0.625. The van der Waals surface area contributed by atoms with Gasteiger partial charge in [0.15, 0.2) is 0 Å². The Balaban J connectivity index is 2.00. The molecule has 0 radical (unpaired) electrons. The molecule has 18 heavy (non-hydrogen) atoms. The molecule has 0 aromatic heterocycles. The van der Waals surface area contributed by atoms with Gasteiger partial charge < -0.3 is 4.74 Å². The minimum absolute atomic E-state index is 0.357. The first-order chi connectivity index (χ1) is 8.63. The Kier molecular flexibility index (Phi) is 4.71. The first-order valence-electron chi connectivity index (χ1n) is 6.91. The maximum atomic E-state index is 6.07. The van der Waals surface area contributed by atoms with E-state index in [1.165, 1.54) is 43.2 Å². The summed E-state index contributed by atoms with van der Waals surface area (Å²) in [7, 11) is 0. The molecule has 0 saturated heterocycles. The van der Waals surface area contributed by atoms with Gasteiger partial charge in [-0.25, -0.2) is 0 Å². The summed E-state index contributed by atoms with van der Waals surface area (Å²) in [6, 6.07) is 6.46. The van der Waals surface area contributed by atoms with Gasteiger partial charge in [-0.1, -0.05) is 41.3 Å². The summed E-state index contributed by atoms with van der Waals surface area (Å²) in [6.07, 6.45) is 6.67. The maximum Gasteiger partial charge on any atom is 0.119 e. The first kappa shape index (κ1) is 13.9. The molecule has 0 aliphatic heterocycles. The molecule has 1 nitrogen and oxygen atoms in total. The lowest BCUT2D eigenvalue weighted by Gasteiger charge is -2.35. The lowest BCUT2D eigenvalue weighted by Crippen LogP contribution is -2.32. The van der Waals surface area contributed by atoms with Gasteiger partial charge in [0.25, 0.3) is 0 Å². The van der Waals surface area contributed by atoms with E-state index in [9.17, 15) is 0 Å². The SMILES string of the molecule is Cc1cc(C)cc(OCC2(CBr)CCCCC2)c1. The molecule has 100 valence electrons. The minimum Gasteiger partial charge on any atom is -0.493 e. The molecule has 2 rings (SSSR count). The Bertz CT molecular complexity index is 374. The Morgan fingerprint density at radius 3 is 2.22 bits per heavy atom. The van der Waals surface area contributed by atoms with Crippen LogP contribution in [-0.2, 0) is 0 Å². The van der Waals surface area contributed by atoms with Gasteiger partial charge in [0.1, 0.15) is 5.75 Å². The molecule has 2 heteroatoms. The van der Waals surface area contributed by atoms with Gasteiger partial charge in [-0.05, 0) is 49.9 Å². The zero-order valence-electron chi connectivity index (χ0n) is 11.5. The van der Waals surface area contributed by atoms with Gasteiger partial charge in [0, 0.05) is 10.7 Å². The molecule has 0 unspecified atom stereocenters. The van der Waals surface area contributed by atoms with Crippen LogP contribution in [-0.4, -0.2) is 11.9 Å². The normalized spacial score (nSPS) is 18.6. The van der Waals surface area contributed by atoms with Crippen molar-refractivity contribution in [2.45, 2.75) is 46.0 Å². The number of hydrogen-bond donors (Lipinski definition) is 0. The smallest absolute Gasteiger partial charge is 0.119 e. The van der Waals surface area contributed by atoms with E-state index in [-0.39, 0.29) is 0 Å². The maximum absolute atomic E-state index is 6.07. The van der Waals surface area contributed by atoms with Crippen molar-refractivity contribution in [1.29, 1.82) is 0 Å². The molecule has 0 atom stereocenters. The Morgan fingerprint density at radius 1 is 1.06 bits per heavy atom. The second kappa shape index (κ2) is 6.10. The Labute approximate surface area is 119 Å². The molecule has 0 heterocycles. The van der Waals surface area contributed by atoms with Crippen molar-refractivity contribution >= 4 is 15.9 Å². The minimum atomic E-state index is 0.357. The van der Waals surface area contributed by atoms with E-state index >= 15 is 0 Å². The molecular formula is C16H23BrO. The number of alkyl halides is 1. The summed E-state index contributed by atoms with van der Waals surface area (Å²) < 4.78 is 6.07. The number of hydrogen-bond acceptors (Lipinski definition) is 1. The molecule has 0 bridgehead atoms. The van der Waals surface area contributed by atoms with Crippen LogP contribution in [0.1, 0.15) is 43.2 Å². The lowest BCUT2D eigenvalue weighted by molar-refractivity contribution is 0.122. The second-order valence-electron chi connectivity index (χ2n) is 5.81. The van der Waals surface area contributed by atoms with Crippen LogP contribution in [0, 0.1) is 19.3 Å². The number of aryl methyl sites for hydroxylation is 2. The number of benzene rings is 1. The molecule has 1 aliphatic carbocycles. The summed E-state index contributed by atoms with van der Waals surface area (Å²) in [6.45, 7) is 5.10. The van der Waals surface area contributed by atoms with E-state index in [4.69, 9.17) is 4.74 Å². The fourth-order valence-electron chi connectivity index (χ4n) is 2.87. The monoisotopic (exact) mass is 310 g/mol. The molecule has 1 aliphatic rings. The van der Waals surface area contributed by atoms with E-state index in [0.29, 0.717) is 5.41 Å². The summed E-state index contributed by atoms with van der Waals surface area (Å²) in [4.78, 5) is 0. The highest BCUT2D eigenvalue weighted by Crippen LogP contribution is 2.38. The van der Waals surface area contributed by atoms with Crippen molar-refractivity contribution < 1.29 is 4.74 Å². The summed E-state index contributed by atoms with van der Waals surface area (Å²) >= 11 is 3.69. The van der Waals surface area contributed by atoms with Crippen molar-refractivity contribution in [2.24, 2.45) is 5.41 Å². The summed E-state index contributed by atoms with van der Waals surface area (Å²) in [5.74, 6) is 1.03. The first-order valence-corrected chi connectivity index (χ1v) is 8.03. The molecule has 1 fully saturated rings. The lowest BCUT2D eigenvalue weighted by atomic mass is 9.76. The highest BCUT2D eigenvalue weighted by atomic mass is 79.9. The van der Waals surface area contributed by atoms with Gasteiger partial charge in [-0.3, -0.25) is 0 Å². The third-order valence-corrected chi connectivity index (χ3v) is 5.13. The highest BCUT2D eigenvalue weighted by molar-refractivity contribution is 9.09. The van der Waals surface area contributed by atoms with Crippen LogP contribution in [0.5, 0.6) is 5.75 Å². The predicted molar refractivity (Wildman–Crippen MR) is 80.7 cm³/mol. The van der Waals surface area contributed by atoms with Crippen LogP contribution in [0.3, 0.4) is 0 Å². The molecule has 1 aromatic carbocycles. The van der Waals surface area contributed by atoms with Crippen molar-refractivity contribution in [2.75, 3.05) is 11.9 Å². The van der Waals surface area contributed by atoms with E-state index in [1.54, 1.807) is 0 Å². The third-order valence-electron chi connectivity index (χ3n) is 3.94. The molecule has 0 amide bonds. The van der Waals surface area contributed by atoms with Gasteiger partial charge in [0.05, 0.1) is 6.61 Å². The van der Waals surface area contributed by atoms with Gasteiger partial charge in [-0.2, -0.15) is 0 Å². The van der Waals surface area contributed by atoms with Gasteiger partial charge >= 0.3 is 0 Å². The van der Waals surface area contributed by atoms with Crippen LogP contribution < -0.4 is 4.74 Å². The van der Waals surface area contributed by atoms with Crippen molar-refractivity contribution in [3.05, 3.63) is 29.3 Å². The average Bonchev–Trinajstić information content (AvgIpc) is 2.36. The molecule has 0 N–H and O–H groups in total. The van der Waals surface area contributed by atoms with Crippen molar-refractivity contribution in [3.8, 4) is 5.75 Å². The number of halogens is 1. The standard InChI is InChI=1S/C16H23BrO/c1-13-8-14(2)10-15(9-13)18-12-16(11-17)6-4-3-5-7-16/h8-10H,3-7,11-12H2,1-2H3. The van der Waals surface area contributed by atoms with E-state index in [2.05, 4.69) is 48.0 Å². The van der Waals surface area contributed by atoms with Crippen molar-refractivity contribution in [1.82, 2.24) is 0 Å². The van der Waals surface area contributed by atoms with E-state index in [1.807, 2.05) is 0 Å². The zero-order valence-corrected chi connectivity index (χ0v) is 13.1. The number of rotatable bonds is 4. The van der Waals surface area contributed by atoms with Crippen LogP contribution in [0.25, 0.3) is 0 Å². The van der Waals surface area contributed by atoms with Crippen LogP contribution in [0.2, 0.25) is 0 Å². The number of ether oxygens (including phenoxy) is 1. The summed E-state index contributed by atoms with van der Waals surface area (Å²) in [5, 5.41) is 1.06. The largest absolute Gasteiger partial charge is 0.493 e. The van der Waals surface area contributed by atoms with Crippen LogP contribution in [0.4, 0.5) is 0 Å². The predicted octanol–water partition coefficient (Wildman–Crippen LogP) is 5.03. The van der Waals surface area contributed by atoms with E-state index in [0.717, 1.165) is 17.7 Å². The highest BCUT2D eigenvalue weighted by Gasteiger charge is 2.31. The molecule has 1 aromatic rings. The zero-order chi connectivity index (χ0) is 13.0. The third kappa shape index (κ3) is 3.50. The second-order valence-corrected chi connectivity index (χ2v) is 6.37.